The van der Waals surface area contributed by atoms with Gasteiger partial charge in [0.25, 0.3) is 0 Å². The minimum Gasteiger partial charge on any atom is -0.327 e. The van der Waals surface area contributed by atoms with E-state index in [1.807, 2.05) is 38.4 Å². The van der Waals surface area contributed by atoms with Gasteiger partial charge in [-0.1, -0.05) is 13.0 Å². The van der Waals surface area contributed by atoms with Crippen LogP contribution >= 0.6 is 0 Å². The van der Waals surface area contributed by atoms with Crippen molar-refractivity contribution in [2.75, 3.05) is 0 Å². The molecule has 0 fully saturated rings. The van der Waals surface area contributed by atoms with E-state index in [0.29, 0.717) is 12.0 Å². The summed E-state index contributed by atoms with van der Waals surface area (Å²) in [6.07, 6.45) is 1.35. The summed E-state index contributed by atoms with van der Waals surface area (Å²) in [7, 11) is 0. The molecule has 0 saturated heterocycles. The molecule has 2 aromatic rings. The zero-order valence-electron chi connectivity index (χ0n) is 12.6. The Balaban J connectivity index is 2.56. The van der Waals surface area contributed by atoms with Gasteiger partial charge in [0.15, 0.2) is 0 Å². The van der Waals surface area contributed by atoms with Gasteiger partial charge in [0.2, 0.25) is 0 Å². The second-order valence-corrected chi connectivity index (χ2v) is 5.32. The average Bonchev–Trinajstić information content (AvgIpc) is 2.68. The fourth-order valence-corrected chi connectivity index (χ4v) is 2.31. The summed E-state index contributed by atoms with van der Waals surface area (Å²) in [4.78, 5) is 0. The van der Waals surface area contributed by atoms with Gasteiger partial charge >= 0.3 is 0 Å². The monoisotopic (exact) mass is 275 g/mol. The largest absolute Gasteiger partial charge is 0.327 e. The average molecular weight is 275 g/mol. The molecule has 0 spiro atoms. The van der Waals surface area contributed by atoms with Crippen LogP contribution in [0.3, 0.4) is 0 Å². The van der Waals surface area contributed by atoms with Gasteiger partial charge in [0, 0.05) is 17.3 Å². The lowest BCUT2D eigenvalue weighted by molar-refractivity contribution is 0.574. The SMILES string of the molecule is CCC(N)Cc1c(F)cccc1-n1nc(C)c(C)c1C. The Labute approximate surface area is 119 Å². The third kappa shape index (κ3) is 2.61. The van der Waals surface area contributed by atoms with Gasteiger partial charge in [-0.25, -0.2) is 9.07 Å². The van der Waals surface area contributed by atoms with E-state index in [4.69, 9.17) is 5.73 Å². The van der Waals surface area contributed by atoms with E-state index in [-0.39, 0.29) is 11.9 Å². The van der Waals surface area contributed by atoms with Gasteiger partial charge in [0.05, 0.1) is 11.4 Å². The van der Waals surface area contributed by atoms with Crippen molar-refractivity contribution in [2.24, 2.45) is 5.73 Å². The van der Waals surface area contributed by atoms with Crippen molar-refractivity contribution in [2.45, 2.75) is 46.6 Å². The van der Waals surface area contributed by atoms with E-state index in [9.17, 15) is 4.39 Å². The lowest BCUT2D eigenvalue weighted by Crippen LogP contribution is -2.23. The van der Waals surface area contributed by atoms with Crippen LogP contribution in [0.25, 0.3) is 5.69 Å². The second kappa shape index (κ2) is 5.75. The van der Waals surface area contributed by atoms with Crippen LogP contribution in [0.1, 0.15) is 35.9 Å². The predicted molar refractivity (Wildman–Crippen MR) is 79.7 cm³/mol. The molecule has 4 heteroatoms. The number of halogens is 1. The van der Waals surface area contributed by atoms with Crippen LogP contribution < -0.4 is 5.73 Å². The van der Waals surface area contributed by atoms with E-state index >= 15 is 0 Å². The summed E-state index contributed by atoms with van der Waals surface area (Å²) in [5.74, 6) is -0.211. The molecular formula is C16H22FN3. The van der Waals surface area contributed by atoms with Gasteiger partial charge in [-0.2, -0.15) is 5.10 Å². The van der Waals surface area contributed by atoms with Crippen LogP contribution in [0.5, 0.6) is 0 Å². The lowest BCUT2D eigenvalue weighted by atomic mass is 10.0. The summed E-state index contributed by atoms with van der Waals surface area (Å²) in [5.41, 5.74) is 10.6. The van der Waals surface area contributed by atoms with Crippen LogP contribution in [-0.4, -0.2) is 15.8 Å². The van der Waals surface area contributed by atoms with E-state index in [1.165, 1.54) is 6.07 Å². The highest BCUT2D eigenvalue weighted by Gasteiger charge is 2.16. The maximum Gasteiger partial charge on any atom is 0.128 e. The van der Waals surface area contributed by atoms with Crippen LogP contribution in [0, 0.1) is 26.6 Å². The minimum atomic E-state index is -0.211. The molecule has 3 nitrogen and oxygen atoms in total. The van der Waals surface area contributed by atoms with Gasteiger partial charge in [-0.15, -0.1) is 0 Å². The quantitative estimate of drug-likeness (QED) is 0.931. The number of benzene rings is 1. The zero-order chi connectivity index (χ0) is 14.9. The number of aryl methyl sites for hydroxylation is 1. The Kier molecular flexibility index (Phi) is 4.23. The molecule has 1 aromatic carbocycles. The molecule has 1 aromatic heterocycles. The first-order chi connectivity index (χ1) is 9.45. The Bertz CT molecular complexity index is 616. The first-order valence-corrected chi connectivity index (χ1v) is 7.01. The molecule has 2 N–H and O–H groups in total. The third-order valence-corrected chi connectivity index (χ3v) is 3.97. The van der Waals surface area contributed by atoms with E-state index < -0.39 is 0 Å². The van der Waals surface area contributed by atoms with Crippen molar-refractivity contribution in [1.29, 1.82) is 0 Å². The highest BCUT2D eigenvalue weighted by atomic mass is 19.1. The Hall–Kier alpha value is -1.68. The highest BCUT2D eigenvalue weighted by Crippen LogP contribution is 2.23. The fraction of sp³-hybridized carbons (Fsp3) is 0.438. The molecule has 1 heterocycles. The molecule has 0 aliphatic carbocycles. The summed E-state index contributed by atoms with van der Waals surface area (Å²) in [6.45, 7) is 8.02. The molecular weight excluding hydrogens is 253 g/mol. The number of aromatic nitrogens is 2. The lowest BCUT2D eigenvalue weighted by Gasteiger charge is -2.15. The molecule has 1 atom stereocenters. The molecule has 1 unspecified atom stereocenters. The smallest absolute Gasteiger partial charge is 0.128 e. The van der Waals surface area contributed by atoms with Crippen molar-refractivity contribution >= 4 is 0 Å². The first-order valence-electron chi connectivity index (χ1n) is 7.01. The van der Waals surface area contributed by atoms with Crippen molar-refractivity contribution in [3.05, 3.63) is 46.5 Å². The molecule has 0 aliphatic rings. The second-order valence-electron chi connectivity index (χ2n) is 5.32. The van der Waals surface area contributed by atoms with E-state index in [1.54, 1.807) is 6.07 Å². The Morgan fingerprint density at radius 3 is 2.55 bits per heavy atom. The molecule has 108 valence electrons. The summed E-state index contributed by atoms with van der Waals surface area (Å²) in [5, 5.41) is 4.52. The molecule has 0 radical (unpaired) electrons. The topological polar surface area (TPSA) is 43.8 Å². The number of nitrogens with two attached hydrogens (primary N) is 1. The summed E-state index contributed by atoms with van der Waals surface area (Å²) < 4.78 is 16.0. The van der Waals surface area contributed by atoms with Crippen LogP contribution in [0.2, 0.25) is 0 Å². The van der Waals surface area contributed by atoms with Crippen LogP contribution in [0.4, 0.5) is 4.39 Å². The van der Waals surface area contributed by atoms with E-state index in [0.717, 1.165) is 29.1 Å². The molecule has 0 amide bonds. The minimum absolute atomic E-state index is 0.0382. The van der Waals surface area contributed by atoms with Gasteiger partial charge in [-0.05, 0) is 51.3 Å². The highest BCUT2D eigenvalue weighted by molar-refractivity contribution is 5.44. The molecule has 20 heavy (non-hydrogen) atoms. The summed E-state index contributed by atoms with van der Waals surface area (Å²) >= 11 is 0. The van der Waals surface area contributed by atoms with Crippen molar-refractivity contribution in [3.63, 3.8) is 0 Å². The van der Waals surface area contributed by atoms with Crippen molar-refractivity contribution < 1.29 is 4.39 Å². The molecule has 0 aliphatic heterocycles. The first kappa shape index (κ1) is 14.7. The maximum absolute atomic E-state index is 14.2. The van der Waals surface area contributed by atoms with Gasteiger partial charge in [-0.3, -0.25) is 0 Å². The third-order valence-electron chi connectivity index (χ3n) is 3.97. The Morgan fingerprint density at radius 1 is 1.30 bits per heavy atom. The number of hydrogen-bond donors (Lipinski definition) is 1. The zero-order valence-corrected chi connectivity index (χ0v) is 12.6. The standard InChI is InChI=1S/C16H22FN3/c1-5-13(18)9-14-15(17)7-6-8-16(14)20-12(4)10(2)11(3)19-20/h6-8,13H,5,9,18H2,1-4H3. The number of nitrogens with zero attached hydrogens (tertiary/aromatic N) is 2. The fourth-order valence-electron chi connectivity index (χ4n) is 2.31. The van der Waals surface area contributed by atoms with Gasteiger partial charge in [0.1, 0.15) is 5.82 Å². The number of rotatable bonds is 4. The number of hydrogen-bond acceptors (Lipinski definition) is 2. The molecule has 2 rings (SSSR count). The van der Waals surface area contributed by atoms with Crippen molar-refractivity contribution in [3.8, 4) is 5.69 Å². The van der Waals surface area contributed by atoms with Crippen molar-refractivity contribution in [1.82, 2.24) is 9.78 Å². The van der Waals surface area contributed by atoms with E-state index in [2.05, 4.69) is 5.10 Å². The Morgan fingerprint density at radius 2 is 2.00 bits per heavy atom. The molecule has 0 bridgehead atoms. The van der Waals surface area contributed by atoms with Gasteiger partial charge < -0.3 is 5.73 Å². The maximum atomic E-state index is 14.2. The normalized spacial score (nSPS) is 12.7. The van der Waals surface area contributed by atoms with Crippen LogP contribution in [0.15, 0.2) is 18.2 Å². The van der Waals surface area contributed by atoms with Crippen LogP contribution in [-0.2, 0) is 6.42 Å². The molecule has 0 saturated carbocycles. The summed E-state index contributed by atoms with van der Waals surface area (Å²) in [6, 6.07) is 5.07. The predicted octanol–water partition coefficient (Wildman–Crippen LogP) is 3.22.